The van der Waals surface area contributed by atoms with Crippen LogP contribution >= 0.6 is 0 Å². The molecule has 0 unspecified atom stereocenters. The average molecular weight is 699 g/mol. The maximum atomic E-state index is 2.43. The molecule has 0 heterocycles. The highest BCUT2D eigenvalue weighted by Crippen LogP contribution is 2.54. The van der Waals surface area contributed by atoms with E-state index in [0.29, 0.717) is 0 Å². The molecule has 0 spiro atoms. The minimum Gasteiger partial charge on any atom is -0.0616 e. The molecule has 1 aliphatic rings. The maximum Gasteiger partial charge on any atom is 0.0165 e. The first-order valence-electron chi connectivity index (χ1n) is 19.3. The van der Waals surface area contributed by atoms with Crippen LogP contribution in [0.4, 0.5) is 0 Å². The largest absolute Gasteiger partial charge is 0.0616 e. The van der Waals surface area contributed by atoms with Crippen molar-refractivity contribution < 1.29 is 0 Å². The Morgan fingerprint density at radius 2 is 0.782 bits per heavy atom. The lowest BCUT2D eigenvalue weighted by Crippen LogP contribution is -2.16. The van der Waals surface area contributed by atoms with Crippen molar-refractivity contribution in [2.45, 2.75) is 19.3 Å². The zero-order valence-corrected chi connectivity index (χ0v) is 31.0. The van der Waals surface area contributed by atoms with Gasteiger partial charge in [0.1, 0.15) is 0 Å². The highest BCUT2D eigenvalue weighted by atomic mass is 14.4. The smallest absolute Gasteiger partial charge is 0.0165 e. The Morgan fingerprint density at radius 3 is 1.49 bits per heavy atom. The normalized spacial score (nSPS) is 13.1. The second-order valence-electron chi connectivity index (χ2n) is 15.6. The first-order valence-corrected chi connectivity index (χ1v) is 19.3. The van der Waals surface area contributed by atoms with Crippen molar-refractivity contribution in [2.75, 3.05) is 0 Å². The molecule has 0 aliphatic heterocycles. The summed E-state index contributed by atoms with van der Waals surface area (Å²) in [7, 11) is 0. The quantitative estimate of drug-likeness (QED) is 0.161. The van der Waals surface area contributed by atoms with E-state index in [-0.39, 0.29) is 5.41 Å². The van der Waals surface area contributed by atoms with E-state index in [2.05, 4.69) is 208 Å². The van der Waals surface area contributed by atoms with Crippen molar-refractivity contribution in [3.8, 4) is 55.6 Å². The predicted octanol–water partition coefficient (Wildman–Crippen LogP) is 15.3. The Balaban J connectivity index is 1.12. The van der Waals surface area contributed by atoms with Crippen LogP contribution in [0.3, 0.4) is 0 Å². The van der Waals surface area contributed by atoms with Crippen LogP contribution in [0.25, 0.3) is 98.7 Å². The molecule has 55 heavy (non-hydrogen) atoms. The van der Waals surface area contributed by atoms with Gasteiger partial charge >= 0.3 is 0 Å². The Morgan fingerprint density at radius 1 is 0.291 bits per heavy atom. The number of fused-ring (bicyclic) bond motifs is 7. The molecule has 0 fully saturated rings. The van der Waals surface area contributed by atoms with Gasteiger partial charge in [0.05, 0.1) is 0 Å². The SMILES string of the molecule is CC1(C)c2cc3ccccc3cc2-c2cccc(-c3cccc(-c4c5ccccc5c(-c5ccccc5-c5ccc6ccccc6c5)c5ccccc45)c3)c21. The Labute approximate surface area is 322 Å². The molecule has 0 saturated heterocycles. The molecule has 11 rings (SSSR count). The third-order valence-corrected chi connectivity index (χ3v) is 12.2. The van der Waals surface area contributed by atoms with Gasteiger partial charge in [0.25, 0.3) is 0 Å². The van der Waals surface area contributed by atoms with E-state index >= 15 is 0 Å². The molecular formula is C55H38. The molecule has 10 aromatic rings. The third kappa shape index (κ3) is 4.85. The van der Waals surface area contributed by atoms with Crippen LogP contribution in [0.5, 0.6) is 0 Å². The van der Waals surface area contributed by atoms with E-state index in [4.69, 9.17) is 0 Å². The summed E-state index contributed by atoms with van der Waals surface area (Å²) in [5.74, 6) is 0. The van der Waals surface area contributed by atoms with Gasteiger partial charge in [-0.25, -0.2) is 0 Å². The fourth-order valence-corrected chi connectivity index (χ4v) is 9.69. The molecule has 258 valence electrons. The van der Waals surface area contributed by atoms with Gasteiger partial charge in [-0.3, -0.25) is 0 Å². The van der Waals surface area contributed by atoms with Gasteiger partial charge in [-0.15, -0.1) is 0 Å². The van der Waals surface area contributed by atoms with Gasteiger partial charge in [-0.2, -0.15) is 0 Å². The summed E-state index contributed by atoms with van der Waals surface area (Å²) in [6.45, 7) is 4.80. The fraction of sp³-hybridized carbons (Fsp3) is 0.0545. The van der Waals surface area contributed by atoms with Crippen LogP contribution < -0.4 is 0 Å². The van der Waals surface area contributed by atoms with Gasteiger partial charge in [-0.05, 0) is 134 Å². The molecule has 10 aromatic carbocycles. The molecular weight excluding hydrogens is 661 g/mol. The van der Waals surface area contributed by atoms with Gasteiger partial charge in [0.15, 0.2) is 0 Å². The van der Waals surface area contributed by atoms with E-state index in [1.54, 1.807) is 0 Å². The lowest BCUT2D eigenvalue weighted by molar-refractivity contribution is 0.663. The minimum atomic E-state index is -0.138. The molecule has 0 atom stereocenters. The van der Waals surface area contributed by atoms with Crippen molar-refractivity contribution >= 4 is 43.1 Å². The van der Waals surface area contributed by atoms with Crippen molar-refractivity contribution in [3.63, 3.8) is 0 Å². The fourth-order valence-electron chi connectivity index (χ4n) is 9.69. The van der Waals surface area contributed by atoms with Crippen molar-refractivity contribution in [2.24, 2.45) is 0 Å². The summed E-state index contributed by atoms with van der Waals surface area (Å²) in [5.41, 5.74) is 15.4. The molecule has 1 aliphatic carbocycles. The van der Waals surface area contributed by atoms with Crippen LogP contribution in [-0.2, 0) is 5.41 Å². The molecule has 0 saturated carbocycles. The monoisotopic (exact) mass is 698 g/mol. The molecule has 0 heteroatoms. The number of hydrogen-bond acceptors (Lipinski definition) is 0. The van der Waals surface area contributed by atoms with E-state index < -0.39 is 0 Å². The third-order valence-electron chi connectivity index (χ3n) is 12.2. The summed E-state index contributed by atoms with van der Waals surface area (Å²) < 4.78 is 0. The number of rotatable bonds is 4. The summed E-state index contributed by atoms with van der Waals surface area (Å²) in [5, 5.41) is 10.2. The standard InChI is InChI=1S/C55H38/c1-55(2)51-34-38-18-6-5-17-37(38)33-50(51)49-28-14-27-43(54(49)55)39-19-13-20-41(32-39)52-45-23-9-11-25-47(45)53(48-26-12-10-24-46(48)52)44-22-8-7-21-42(44)40-30-29-35-15-3-4-16-36(35)31-40/h3-34H,1-2H3. The Hall–Kier alpha value is -6.76. The molecule has 0 amide bonds. The second-order valence-corrected chi connectivity index (χ2v) is 15.6. The Bertz CT molecular complexity index is 3120. The lowest BCUT2D eigenvalue weighted by atomic mass is 9.78. The summed E-state index contributed by atoms with van der Waals surface area (Å²) in [6.07, 6.45) is 0. The molecule has 0 aromatic heterocycles. The zero-order valence-electron chi connectivity index (χ0n) is 31.0. The van der Waals surface area contributed by atoms with E-state index in [1.165, 1.54) is 110 Å². The Kier molecular flexibility index (Phi) is 7.00. The van der Waals surface area contributed by atoms with Crippen LogP contribution in [0.15, 0.2) is 194 Å². The van der Waals surface area contributed by atoms with E-state index in [9.17, 15) is 0 Å². The van der Waals surface area contributed by atoms with Crippen molar-refractivity contribution in [1.82, 2.24) is 0 Å². The second kappa shape index (κ2) is 12.1. The maximum absolute atomic E-state index is 2.43. The molecule has 0 N–H and O–H groups in total. The number of benzene rings is 10. The van der Waals surface area contributed by atoms with Crippen LogP contribution in [-0.4, -0.2) is 0 Å². The first-order chi connectivity index (χ1) is 27.0. The van der Waals surface area contributed by atoms with Gasteiger partial charge in [0.2, 0.25) is 0 Å². The van der Waals surface area contributed by atoms with Gasteiger partial charge < -0.3 is 0 Å². The lowest BCUT2D eigenvalue weighted by Gasteiger charge is -2.25. The highest BCUT2D eigenvalue weighted by Gasteiger charge is 2.38. The molecule has 0 nitrogen and oxygen atoms in total. The van der Waals surface area contributed by atoms with Crippen LogP contribution in [0.1, 0.15) is 25.0 Å². The van der Waals surface area contributed by atoms with Gasteiger partial charge in [-0.1, -0.05) is 184 Å². The van der Waals surface area contributed by atoms with E-state index in [1.807, 2.05) is 0 Å². The average Bonchev–Trinajstić information content (AvgIpc) is 3.46. The first kappa shape index (κ1) is 31.7. The minimum absolute atomic E-state index is 0.138. The van der Waals surface area contributed by atoms with Gasteiger partial charge in [0, 0.05) is 5.41 Å². The molecule has 0 bridgehead atoms. The van der Waals surface area contributed by atoms with Crippen LogP contribution in [0.2, 0.25) is 0 Å². The topological polar surface area (TPSA) is 0 Å². The number of hydrogen-bond donors (Lipinski definition) is 0. The summed E-state index contributed by atoms with van der Waals surface area (Å²) >= 11 is 0. The zero-order chi connectivity index (χ0) is 36.7. The van der Waals surface area contributed by atoms with E-state index in [0.717, 1.165) is 0 Å². The van der Waals surface area contributed by atoms with Crippen molar-refractivity contribution in [1.29, 1.82) is 0 Å². The molecule has 0 radical (unpaired) electrons. The predicted molar refractivity (Wildman–Crippen MR) is 236 cm³/mol. The van der Waals surface area contributed by atoms with Crippen molar-refractivity contribution in [3.05, 3.63) is 205 Å². The van der Waals surface area contributed by atoms with Crippen LogP contribution in [0, 0.1) is 0 Å². The summed E-state index contributed by atoms with van der Waals surface area (Å²) in [6, 6.07) is 72.2. The highest BCUT2D eigenvalue weighted by molar-refractivity contribution is 6.22. The summed E-state index contributed by atoms with van der Waals surface area (Å²) in [4.78, 5) is 0.